The number of guanidine groups is 1. The normalized spacial score (nSPS) is 19.2. The Morgan fingerprint density at radius 3 is 2.56 bits per heavy atom. The Morgan fingerprint density at radius 1 is 1.32 bits per heavy atom. The molecule has 0 spiro atoms. The molecule has 0 radical (unpaired) electrons. The number of nitrogens with one attached hydrogen (secondary N) is 2. The van der Waals surface area contributed by atoms with Gasteiger partial charge < -0.3 is 15.8 Å². The summed E-state index contributed by atoms with van der Waals surface area (Å²) in [7, 11) is -3.52. The summed E-state index contributed by atoms with van der Waals surface area (Å²) in [4.78, 5) is 4.50. The van der Waals surface area contributed by atoms with E-state index in [-0.39, 0.29) is 16.5 Å². The lowest BCUT2D eigenvalue weighted by Crippen LogP contribution is -2.44. The van der Waals surface area contributed by atoms with Gasteiger partial charge in [0.2, 0.25) is 10.0 Å². The smallest absolute Gasteiger partial charge is 0.240 e. The van der Waals surface area contributed by atoms with Crippen molar-refractivity contribution in [2.75, 3.05) is 13.2 Å². The van der Waals surface area contributed by atoms with Crippen LogP contribution in [0.4, 0.5) is 0 Å². The van der Waals surface area contributed by atoms with E-state index < -0.39 is 10.0 Å². The van der Waals surface area contributed by atoms with Crippen LogP contribution in [0, 0.1) is 0 Å². The fourth-order valence-electron chi connectivity index (χ4n) is 2.47. The maximum Gasteiger partial charge on any atom is 0.240 e. The van der Waals surface area contributed by atoms with Crippen LogP contribution in [0.2, 0.25) is 0 Å². The van der Waals surface area contributed by atoms with E-state index in [0.29, 0.717) is 25.7 Å². The van der Waals surface area contributed by atoms with Gasteiger partial charge in [0.1, 0.15) is 0 Å². The van der Waals surface area contributed by atoms with Gasteiger partial charge in [-0.1, -0.05) is 12.1 Å². The van der Waals surface area contributed by atoms with Crippen LogP contribution in [-0.2, 0) is 21.3 Å². The molecule has 1 fully saturated rings. The molecule has 1 aliphatic heterocycles. The second-order valence-corrected chi connectivity index (χ2v) is 8.97. The summed E-state index contributed by atoms with van der Waals surface area (Å²) in [5.74, 6) is 0.363. The Kier molecular flexibility index (Phi) is 6.42. The second kappa shape index (κ2) is 8.16. The van der Waals surface area contributed by atoms with E-state index in [1.165, 1.54) is 0 Å². The van der Waals surface area contributed by atoms with Crippen molar-refractivity contribution < 1.29 is 13.2 Å². The molecule has 1 saturated heterocycles. The largest absolute Gasteiger partial charge is 0.377 e. The van der Waals surface area contributed by atoms with Crippen LogP contribution in [-0.4, -0.2) is 39.2 Å². The Labute approximate surface area is 150 Å². The quantitative estimate of drug-likeness (QED) is 0.519. The topological polar surface area (TPSA) is 106 Å². The summed E-state index contributed by atoms with van der Waals surface area (Å²) in [6.45, 7) is 7.40. The molecule has 0 aliphatic carbocycles. The minimum Gasteiger partial charge on any atom is -0.377 e. The third-order valence-electron chi connectivity index (χ3n) is 3.69. The molecule has 0 amide bonds. The number of ether oxygens (including phenoxy) is 1. The molecule has 7 nitrogen and oxygen atoms in total. The summed E-state index contributed by atoms with van der Waals surface area (Å²) >= 11 is 0. The number of nitrogens with zero attached hydrogens (tertiary/aromatic N) is 1. The van der Waals surface area contributed by atoms with Crippen molar-refractivity contribution in [2.45, 2.75) is 56.7 Å². The highest BCUT2D eigenvalue weighted by Gasteiger charge is 2.20. The van der Waals surface area contributed by atoms with Gasteiger partial charge in [-0.05, 0) is 51.3 Å². The zero-order valence-electron chi connectivity index (χ0n) is 15.1. The molecule has 1 atom stereocenters. The molecular formula is C17H28N4O3S. The molecule has 1 heterocycles. The third-order valence-corrected chi connectivity index (χ3v) is 5.13. The van der Waals surface area contributed by atoms with Gasteiger partial charge in [0.15, 0.2) is 5.96 Å². The van der Waals surface area contributed by atoms with Crippen LogP contribution >= 0.6 is 0 Å². The van der Waals surface area contributed by atoms with Crippen molar-refractivity contribution in [3.05, 3.63) is 29.8 Å². The molecule has 1 unspecified atom stereocenters. The molecular weight excluding hydrogens is 340 g/mol. The van der Waals surface area contributed by atoms with Crippen LogP contribution in [0.5, 0.6) is 0 Å². The summed E-state index contributed by atoms with van der Waals surface area (Å²) in [6.07, 6.45) is 1.85. The van der Waals surface area contributed by atoms with E-state index in [1.807, 2.05) is 20.8 Å². The highest BCUT2D eigenvalue weighted by molar-refractivity contribution is 7.89. The zero-order chi connectivity index (χ0) is 18.5. The van der Waals surface area contributed by atoms with Crippen molar-refractivity contribution in [1.82, 2.24) is 10.0 Å². The molecule has 25 heavy (non-hydrogen) atoms. The summed E-state index contributed by atoms with van der Waals surface area (Å²) < 4.78 is 32.6. The lowest BCUT2D eigenvalue weighted by atomic mass is 10.1. The molecule has 0 bridgehead atoms. The Balaban J connectivity index is 1.93. The fraction of sp³-hybridized carbons (Fsp3) is 0.588. The lowest BCUT2D eigenvalue weighted by Gasteiger charge is -2.21. The average Bonchev–Trinajstić information content (AvgIpc) is 3.03. The van der Waals surface area contributed by atoms with E-state index in [9.17, 15) is 8.42 Å². The molecule has 0 saturated carbocycles. The van der Waals surface area contributed by atoms with Crippen LogP contribution in [0.3, 0.4) is 0 Å². The van der Waals surface area contributed by atoms with Gasteiger partial charge in [0, 0.05) is 18.7 Å². The molecule has 1 aliphatic rings. The van der Waals surface area contributed by atoms with Gasteiger partial charge >= 0.3 is 0 Å². The van der Waals surface area contributed by atoms with Gasteiger partial charge in [-0.2, -0.15) is 0 Å². The minimum atomic E-state index is -3.52. The predicted molar refractivity (Wildman–Crippen MR) is 98.8 cm³/mol. The highest BCUT2D eigenvalue weighted by Crippen LogP contribution is 2.14. The highest BCUT2D eigenvalue weighted by atomic mass is 32.2. The van der Waals surface area contributed by atoms with Crippen LogP contribution in [0.25, 0.3) is 0 Å². The van der Waals surface area contributed by atoms with E-state index in [1.54, 1.807) is 24.3 Å². The minimum absolute atomic E-state index is 0.0262. The molecule has 140 valence electrons. The first-order valence-electron chi connectivity index (χ1n) is 8.44. The third kappa shape index (κ3) is 6.64. The number of aliphatic imine (C=N–C) groups is 1. The van der Waals surface area contributed by atoms with Crippen molar-refractivity contribution in [2.24, 2.45) is 10.7 Å². The van der Waals surface area contributed by atoms with Crippen molar-refractivity contribution in [1.29, 1.82) is 0 Å². The second-order valence-electron chi connectivity index (χ2n) is 7.21. The molecule has 0 aromatic heterocycles. The number of hydrogen-bond acceptors (Lipinski definition) is 4. The Hall–Kier alpha value is -1.64. The van der Waals surface area contributed by atoms with Gasteiger partial charge in [-0.15, -0.1) is 0 Å². The van der Waals surface area contributed by atoms with Gasteiger partial charge in [-0.3, -0.25) is 0 Å². The predicted octanol–water partition coefficient (Wildman–Crippen LogP) is 1.35. The molecule has 8 heteroatoms. The zero-order valence-corrected chi connectivity index (χ0v) is 15.9. The van der Waals surface area contributed by atoms with Crippen molar-refractivity contribution in [3.63, 3.8) is 0 Å². The summed E-state index contributed by atoms with van der Waals surface area (Å²) in [5.41, 5.74) is 6.56. The Morgan fingerprint density at radius 2 is 2.00 bits per heavy atom. The van der Waals surface area contributed by atoms with E-state index in [0.717, 1.165) is 18.4 Å². The number of hydrogen-bond donors (Lipinski definition) is 3. The van der Waals surface area contributed by atoms with Gasteiger partial charge in [0.25, 0.3) is 0 Å². The first kappa shape index (κ1) is 19.7. The van der Waals surface area contributed by atoms with Crippen LogP contribution in [0.15, 0.2) is 34.2 Å². The standard InChI is InChI=1S/C17H28N4O3S/c1-17(2,3)21-16(18)19-11-13-6-8-15(9-7-13)25(22,23)20-12-14-5-4-10-24-14/h6-9,14,20H,4-5,10-12H2,1-3H3,(H3,18,19,21). The van der Waals surface area contributed by atoms with E-state index in [2.05, 4.69) is 15.0 Å². The maximum atomic E-state index is 12.3. The molecule has 1 aromatic carbocycles. The van der Waals surface area contributed by atoms with E-state index >= 15 is 0 Å². The van der Waals surface area contributed by atoms with Crippen molar-refractivity contribution >= 4 is 16.0 Å². The first-order valence-corrected chi connectivity index (χ1v) is 9.92. The van der Waals surface area contributed by atoms with Gasteiger partial charge in [0.05, 0.1) is 17.5 Å². The van der Waals surface area contributed by atoms with E-state index in [4.69, 9.17) is 10.5 Å². The Bertz CT molecular complexity index is 688. The number of rotatable bonds is 6. The average molecular weight is 369 g/mol. The lowest BCUT2D eigenvalue weighted by molar-refractivity contribution is 0.114. The van der Waals surface area contributed by atoms with Crippen LogP contribution < -0.4 is 15.8 Å². The molecule has 4 N–H and O–H groups in total. The monoisotopic (exact) mass is 368 g/mol. The summed E-state index contributed by atoms with van der Waals surface area (Å²) in [5, 5.41) is 3.08. The number of benzene rings is 1. The number of sulfonamides is 1. The SMILES string of the molecule is CC(C)(C)NC(N)=NCc1ccc(S(=O)(=O)NCC2CCCO2)cc1. The molecule has 1 aromatic rings. The fourth-order valence-corrected chi connectivity index (χ4v) is 3.53. The summed E-state index contributed by atoms with van der Waals surface area (Å²) in [6, 6.07) is 6.65. The first-order chi connectivity index (χ1) is 11.7. The maximum absolute atomic E-state index is 12.3. The van der Waals surface area contributed by atoms with Crippen molar-refractivity contribution in [3.8, 4) is 0 Å². The van der Waals surface area contributed by atoms with Crippen LogP contribution in [0.1, 0.15) is 39.2 Å². The van der Waals surface area contributed by atoms with Gasteiger partial charge in [-0.25, -0.2) is 18.1 Å². The molecule has 2 rings (SSSR count). The number of nitrogens with two attached hydrogens (primary N) is 1.